The van der Waals surface area contributed by atoms with E-state index in [1.807, 2.05) is 6.07 Å². The molecule has 0 aliphatic carbocycles. The maximum atomic E-state index is 12.0. The van der Waals surface area contributed by atoms with Crippen molar-refractivity contribution in [3.8, 4) is 0 Å². The van der Waals surface area contributed by atoms with E-state index < -0.39 is 0 Å². The SMILES string of the molecule is O=Cc1cc(Br)cc(Br)c1N1CC(CS)CC1=O. The molecule has 1 unspecified atom stereocenters. The molecule has 1 heterocycles. The van der Waals surface area contributed by atoms with Crippen LogP contribution < -0.4 is 4.90 Å². The number of benzene rings is 1. The van der Waals surface area contributed by atoms with Gasteiger partial charge in [0, 0.05) is 27.5 Å². The molecule has 1 aromatic carbocycles. The highest BCUT2D eigenvalue weighted by Crippen LogP contribution is 2.36. The molecule has 1 saturated heterocycles. The average molecular weight is 393 g/mol. The number of nitrogens with zero attached hydrogens (tertiary/aromatic N) is 1. The van der Waals surface area contributed by atoms with E-state index in [0.29, 0.717) is 30.0 Å². The predicted molar refractivity (Wildman–Crippen MR) is 81.5 cm³/mol. The van der Waals surface area contributed by atoms with E-state index in [1.54, 1.807) is 11.0 Å². The number of halogens is 2. The summed E-state index contributed by atoms with van der Waals surface area (Å²) in [6.45, 7) is 0.614. The van der Waals surface area contributed by atoms with Crippen LogP contribution in [0.3, 0.4) is 0 Å². The summed E-state index contributed by atoms with van der Waals surface area (Å²) in [6.07, 6.45) is 1.26. The third-order valence-electron chi connectivity index (χ3n) is 2.92. The highest BCUT2D eigenvalue weighted by atomic mass is 79.9. The van der Waals surface area contributed by atoms with Crippen molar-refractivity contribution in [2.75, 3.05) is 17.2 Å². The molecule has 18 heavy (non-hydrogen) atoms. The van der Waals surface area contributed by atoms with Gasteiger partial charge in [-0.1, -0.05) is 15.9 Å². The minimum atomic E-state index is 0.0418. The lowest BCUT2D eigenvalue weighted by Gasteiger charge is -2.20. The Hall–Kier alpha value is -0.330. The van der Waals surface area contributed by atoms with Crippen LogP contribution in [0.15, 0.2) is 21.1 Å². The number of thiol groups is 1. The van der Waals surface area contributed by atoms with Gasteiger partial charge in [0.15, 0.2) is 6.29 Å². The fraction of sp³-hybridized carbons (Fsp3) is 0.333. The summed E-state index contributed by atoms with van der Waals surface area (Å²) >= 11 is 11.0. The smallest absolute Gasteiger partial charge is 0.227 e. The lowest BCUT2D eigenvalue weighted by atomic mass is 10.1. The van der Waals surface area contributed by atoms with Crippen LogP contribution in [0.4, 0.5) is 5.69 Å². The number of hydrogen-bond acceptors (Lipinski definition) is 3. The first kappa shape index (κ1) is 14.1. The van der Waals surface area contributed by atoms with Gasteiger partial charge in [0.25, 0.3) is 0 Å². The lowest BCUT2D eigenvalue weighted by molar-refractivity contribution is -0.117. The molecule has 0 spiro atoms. The third-order valence-corrected chi connectivity index (χ3v) is 4.50. The summed E-state index contributed by atoms with van der Waals surface area (Å²) in [4.78, 5) is 24.8. The van der Waals surface area contributed by atoms with E-state index in [2.05, 4.69) is 44.5 Å². The van der Waals surface area contributed by atoms with Gasteiger partial charge in [0.2, 0.25) is 5.91 Å². The van der Waals surface area contributed by atoms with Crippen molar-refractivity contribution >= 4 is 62.4 Å². The Kier molecular flexibility index (Phi) is 4.50. The first-order chi connectivity index (χ1) is 8.56. The van der Waals surface area contributed by atoms with Gasteiger partial charge in [-0.15, -0.1) is 0 Å². The highest BCUT2D eigenvalue weighted by Gasteiger charge is 2.32. The van der Waals surface area contributed by atoms with E-state index in [1.165, 1.54) is 0 Å². The zero-order valence-electron chi connectivity index (χ0n) is 9.40. The van der Waals surface area contributed by atoms with Crippen LogP contribution in [0.1, 0.15) is 16.8 Å². The third kappa shape index (κ3) is 2.65. The number of hydrogen-bond donors (Lipinski definition) is 1. The first-order valence-electron chi connectivity index (χ1n) is 5.42. The normalized spacial score (nSPS) is 19.4. The minimum Gasteiger partial charge on any atom is -0.310 e. The summed E-state index contributed by atoms with van der Waals surface area (Å²) in [5.41, 5.74) is 1.16. The number of carbonyl (C=O) groups is 2. The molecule has 0 aromatic heterocycles. The number of amides is 1. The molecule has 96 valence electrons. The molecular formula is C12H11Br2NO2S. The monoisotopic (exact) mass is 391 g/mol. The van der Waals surface area contributed by atoms with Gasteiger partial charge in [-0.2, -0.15) is 12.6 Å². The van der Waals surface area contributed by atoms with Crippen molar-refractivity contribution in [1.82, 2.24) is 0 Å². The molecule has 1 atom stereocenters. The average Bonchev–Trinajstić information content (AvgIpc) is 2.69. The second-order valence-corrected chi connectivity index (χ2v) is 6.34. The van der Waals surface area contributed by atoms with Crippen molar-refractivity contribution in [3.63, 3.8) is 0 Å². The van der Waals surface area contributed by atoms with Crippen molar-refractivity contribution in [1.29, 1.82) is 0 Å². The Balaban J connectivity index is 2.45. The molecule has 0 bridgehead atoms. The van der Waals surface area contributed by atoms with Crippen LogP contribution in [0.5, 0.6) is 0 Å². The molecule has 0 saturated carbocycles. The second-order valence-electron chi connectivity index (χ2n) is 4.20. The van der Waals surface area contributed by atoms with Crippen molar-refractivity contribution in [2.24, 2.45) is 5.92 Å². The number of rotatable bonds is 3. The van der Waals surface area contributed by atoms with Crippen LogP contribution in [0.2, 0.25) is 0 Å². The second kappa shape index (κ2) is 5.75. The Morgan fingerprint density at radius 2 is 2.17 bits per heavy atom. The van der Waals surface area contributed by atoms with E-state index in [-0.39, 0.29) is 11.8 Å². The molecule has 0 radical (unpaired) electrons. The van der Waals surface area contributed by atoms with Gasteiger partial charge in [-0.25, -0.2) is 0 Å². The maximum Gasteiger partial charge on any atom is 0.227 e. The minimum absolute atomic E-state index is 0.0418. The largest absolute Gasteiger partial charge is 0.310 e. The van der Waals surface area contributed by atoms with Gasteiger partial charge in [-0.3, -0.25) is 9.59 Å². The van der Waals surface area contributed by atoms with Crippen molar-refractivity contribution < 1.29 is 9.59 Å². The zero-order chi connectivity index (χ0) is 13.3. The number of anilines is 1. The Labute approximate surface area is 128 Å². The molecule has 2 rings (SSSR count). The van der Waals surface area contributed by atoms with Gasteiger partial charge in [-0.05, 0) is 39.7 Å². The van der Waals surface area contributed by atoms with E-state index in [0.717, 1.165) is 15.2 Å². The van der Waals surface area contributed by atoms with Crippen molar-refractivity contribution in [3.05, 3.63) is 26.6 Å². The quantitative estimate of drug-likeness (QED) is 0.632. The van der Waals surface area contributed by atoms with Gasteiger partial charge < -0.3 is 4.90 Å². The fourth-order valence-corrected chi connectivity index (χ4v) is 3.80. The molecule has 1 fully saturated rings. The maximum absolute atomic E-state index is 12.0. The first-order valence-corrected chi connectivity index (χ1v) is 7.64. The standard InChI is InChI=1S/C12H11Br2NO2S/c13-9-2-8(5-16)12(10(14)3-9)15-4-7(6-18)1-11(15)17/h2-3,5,7,18H,1,4,6H2. The van der Waals surface area contributed by atoms with Gasteiger partial charge in [0.1, 0.15) is 0 Å². The summed E-state index contributed by atoms with van der Waals surface area (Å²) in [5, 5.41) is 0. The molecule has 1 aliphatic rings. The fourth-order valence-electron chi connectivity index (χ4n) is 2.08. The molecular weight excluding hydrogens is 382 g/mol. The van der Waals surface area contributed by atoms with E-state index in [9.17, 15) is 9.59 Å². The Morgan fingerprint density at radius 3 is 2.72 bits per heavy atom. The Morgan fingerprint density at radius 1 is 1.44 bits per heavy atom. The van der Waals surface area contributed by atoms with Gasteiger partial charge in [0.05, 0.1) is 5.69 Å². The summed E-state index contributed by atoms with van der Waals surface area (Å²) in [5.74, 6) is 0.961. The molecule has 1 aromatic rings. The van der Waals surface area contributed by atoms with Gasteiger partial charge >= 0.3 is 0 Å². The molecule has 6 heteroatoms. The highest BCUT2D eigenvalue weighted by molar-refractivity contribution is 9.11. The summed E-state index contributed by atoms with van der Waals surface area (Å²) in [6, 6.07) is 3.55. The van der Waals surface area contributed by atoms with Crippen molar-refractivity contribution in [2.45, 2.75) is 6.42 Å². The number of carbonyl (C=O) groups excluding carboxylic acids is 2. The number of aldehydes is 1. The van der Waals surface area contributed by atoms with Crippen LogP contribution >= 0.6 is 44.5 Å². The molecule has 3 nitrogen and oxygen atoms in total. The van der Waals surface area contributed by atoms with Crippen LogP contribution in [-0.2, 0) is 4.79 Å². The van der Waals surface area contributed by atoms with Crippen LogP contribution in [0, 0.1) is 5.92 Å². The predicted octanol–water partition coefficient (Wildman–Crippen LogP) is 3.31. The molecule has 1 aliphatic heterocycles. The van der Waals surface area contributed by atoms with E-state index >= 15 is 0 Å². The van der Waals surface area contributed by atoms with Crippen LogP contribution in [-0.4, -0.2) is 24.5 Å². The molecule has 0 N–H and O–H groups in total. The lowest BCUT2D eigenvalue weighted by Crippen LogP contribution is -2.26. The summed E-state index contributed by atoms with van der Waals surface area (Å²) < 4.78 is 1.55. The molecule has 1 amide bonds. The summed E-state index contributed by atoms with van der Waals surface area (Å²) in [7, 11) is 0. The van der Waals surface area contributed by atoms with Crippen LogP contribution in [0.25, 0.3) is 0 Å². The Bertz CT molecular complexity index is 507. The zero-order valence-corrected chi connectivity index (χ0v) is 13.5. The topological polar surface area (TPSA) is 37.4 Å². The van der Waals surface area contributed by atoms with E-state index in [4.69, 9.17) is 0 Å².